The van der Waals surface area contributed by atoms with E-state index in [1.165, 1.54) is 6.92 Å². The van der Waals surface area contributed by atoms with Crippen LogP contribution in [0.25, 0.3) is 0 Å². The van der Waals surface area contributed by atoms with Crippen LogP contribution in [-0.4, -0.2) is 38.6 Å². The van der Waals surface area contributed by atoms with Gasteiger partial charge in [-0.25, -0.2) is 4.79 Å². The van der Waals surface area contributed by atoms with E-state index in [9.17, 15) is 9.59 Å². The van der Waals surface area contributed by atoms with Crippen LogP contribution in [0.1, 0.15) is 78.0 Å². The van der Waals surface area contributed by atoms with Gasteiger partial charge in [0.1, 0.15) is 6.10 Å². The Bertz CT molecular complexity index is 1060. The smallest absolute Gasteiger partial charge is 0.352 e. The molecule has 0 aromatic heterocycles. The zero-order chi connectivity index (χ0) is 29.8. The summed E-state index contributed by atoms with van der Waals surface area (Å²) in [5.74, 6) is -1.17. The summed E-state index contributed by atoms with van der Waals surface area (Å²) in [6.07, 6.45) is 4.47. The number of allylic oxidation sites excluding steroid dienone is 1. The van der Waals surface area contributed by atoms with Gasteiger partial charge in [0.25, 0.3) is 0 Å². The zero-order valence-corrected chi connectivity index (χ0v) is 26.5. The van der Waals surface area contributed by atoms with E-state index in [1.807, 2.05) is 49.4 Å². The number of ether oxygens (including phenoxy) is 3. The van der Waals surface area contributed by atoms with Gasteiger partial charge >= 0.3 is 11.9 Å². The number of rotatable bonds is 15. The van der Waals surface area contributed by atoms with Crippen molar-refractivity contribution < 1.29 is 28.2 Å². The average Bonchev–Trinajstić information content (AvgIpc) is 2.89. The Kier molecular flexibility index (Phi) is 13.3. The summed E-state index contributed by atoms with van der Waals surface area (Å²) in [5.41, 5.74) is 1.60. The molecule has 0 bridgehead atoms. The lowest BCUT2D eigenvalue weighted by atomic mass is 10.1. The molecule has 0 radical (unpaired) electrons. The molecule has 220 valence electrons. The van der Waals surface area contributed by atoms with Gasteiger partial charge in [0, 0.05) is 25.0 Å². The van der Waals surface area contributed by atoms with Crippen LogP contribution >= 0.6 is 0 Å². The molecule has 6 nitrogen and oxygen atoms in total. The molecule has 2 aromatic rings. The molecule has 0 aliphatic heterocycles. The Morgan fingerprint density at radius 1 is 0.900 bits per heavy atom. The molecule has 4 atom stereocenters. The topological polar surface area (TPSA) is 71.1 Å². The van der Waals surface area contributed by atoms with Gasteiger partial charge in [0.15, 0.2) is 8.32 Å². The van der Waals surface area contributed by atoms with Crippen LogP contribution in [-0.2, 0) is 34.8 Å². The van der Waals surface area contributed by atoms with Crippen LogP contribution in [0.2, 0.25) is 18.1 Å². The van der Waals surface area contributed by atoms with E-state index in [-0.39, 0.29) is 17.2 Å². The third-order valence-corrected chi connectivity index (χ3v) is 11.9. The molecular formula is C33H48O6Si. The van der Waals surface area contributed by atoms with Gasteiger partial charge in [-0.15, -0.1) is 0 Å². The Labute approximate surface area is 242 Å². The second-order valence-corrected chi connectivity index (χ2v) is 16.6. The maximum absolute atomic E-state index is 13.3. The Hall–Kier alpha value is -2.74. The van der Waals surface area contributed by atoms with Crippen molar-refractivity contribution in [3.05, 3.63) is 83.9 Å². The number of hydrogen-bond acceptors (Lipinski definition) is 6. The normalized spacial score (nSPS) is 15.3. The third kappa shape index (κ3) is 11.4. The fourth-order valence-electron chi connectivity index (χ4n) is 3.92. The van der Waals surface area contributed by atoms with Gasteiger partial charge in [0.05, 0.1) is 12.7 Å². The monoisotopic (exact) mass is 568 g/mol. The lowest BCUT2D eigenvalue weighted by molar-refractivity contribution is -0.176. The molecule has 2 rings (SSSR count). The molecule has 0 unspecified atom stereocenters. The highest BCUT2D eigenvalue weighted by molar-refractivity contribution is 6.74. The second-order valence-electron chi connectivity index (χ2n) is 11.9. The van der Waals surface area contributed by atoms with E-state index in [1.54, 1.807) is 24.3 Å². The first-order valence-corrected chi connectivity index (χ1v) is 17.1. The minimum Gasteiger partial charge on any atom is -0.456 e. The van der Waals surface area contributed by atoms with Crippen molar-refractivity contribution in [1.29, 1.82) is 0 Å². The van der Waals surface area contributed by atoms with Gasteiger partial charge in [-0.3, -0.25) is 4.79 Å². The highest BCUT2D eigenvalue weighted by Gasteiger charge is 2.38. The lowest BCUT2D eigenvalue weighted by Crippen LogP contribution is -2.43. The molecule has 40 heavy (non-hydrogen) atoms. The molecule has 7 heteroatoms. The average molecular weight is 569 g/mol. The lowest BCUT2D eigenvalue weighted by Gasteiger charge is -2.38. The highest BCUT2D eigenvalue weighted by Crippen LogP contribution is 2.37. The number of hydrogen-bond donors (Lipinski definition) is 0. The van der Waals surface area contributed by atoms with Crippen LogP contribution in [0.3, 0.4) is 0 Å². The molecule has 0 N–H and O–H groups in total. The van der Waals surface area contributed by atoms with E-state index in [4.69, 9.17) is 18.6 Å². The van der Waals surface area contributed by atoms with E-state index < -0.39 is 32.5 Å². The second kappa shape index (κ2) is 15.9. The SMILES string of the molecule is CC(=O)O[C@H](C(=O)O[C@@H](C/C=C\CC[C@@H](C)O[Si](C)(C)C(C)(C)C)[C@H](C)OCc1ccccc1)c1ccccc1. The van der Waals surface area contributed by atoms with Crippen LogP contribution < -0.4 is 0 Å². The van der Waals surface area contributed by atoms with Crippen molar-refractivity contribution in [2.45, 2.75) is 110 Å². The van der Waals surface area contributed by atoms with Crippen molar-refractivity contribution in [3.8, 4) is 0 Å². The summed E-state index contributed by atoms with van der Waals surface area (Å²) in [4.78, 5) is 25.0. The minimum atomic E-state index is -1.81. The van der Waals surface area contributed by atoms with Crippen LogP contribution in [0.5, 0.6) is 0 Å². The molecule has 0 aliphatic rings. The quantitative estimate of drug-likeness (QED) is 0.123. The Morgan fingerprint density at radius 3 is 2.08 bits per heavy atom. The number of benzene rings is 2. The molecule has 0 fully saturated rings. The summed E-state index contributed by atoms with van der Waals surface area (Å²) in [6, 6.07) is 18.8. The molecular weight excluding hydrogens is 520 g/mol. The number of carbonyl (C=O) groups is 2. The maximum Gasteiger partial charge on any atom is 0.352 e. The molecule has 0 saturated heterocycles. The van der Waals surface area contributed by atoms with Crippen molar-refractivity contribution in [2.75, 3.05) is 0 Å². The summed E-state index contributed by atoms with van der Waals surface area (Å²) >= 11 is 0. The van der Waals surface area contributed by atoms with Crippen molar-refractivity contribution in [3.63, 3.8) is 0 Å². The molecule has 0 saturated carbocycles. The van der Waals surface area contributed by atoms with E-state index in [2.05, 4.69) is 46.9 Å². The molecule has 0 aliphatic carbocycles. The summed E-state index contributed by atoms with van der Waals surface area (Å²) in [7, 11) is -1.81. The number of esters is 2. The first-order valence-electron chi connectivity index (χ1n) is 14.2. The van der Waals surface area contributed by atoms with E-state index >= 15 is 0 Å². The molecule has 0 heterocycles. The Balaban J connectivity index is 2.06. The first kappa shape index (κ1) is 33.5. The zero-order valence-electron chi connectivity index (χ0n) is 25.5. The molecule has 0 spiro atoms. The van der Waals surface area contributed by atoms with Gasteiger partial charge < -0.3 is 18.6 Å². The van der Waals surface area contributed by atoms with E-state index in [0.717, 1.165) is 18.4 Å². The van der Waals surface area contributed by atoms with Crippen LogP contribution in [0, 0.1) is 0 Å². The molecule has 0 amide bonds. The van der Waals surface area contributed by atoms with E-state index in [0.29, 0.717) is 18.6 Å². The maximum atomic E-state index is 13.3. The van der Waals surface area contributed by atoms with Crippen LogP contribution in [0.4, 0.5) is 0 Å². The Morgan fingerprint density at radius 2 is 1.50 bits per heavy atom. The van der Waals surface area contributed by atoms with Gasteiger partial charge in [0.2, 0.25) is 6.10 Å². The first-order chi connectivity index (χ1) is 18.8. The summed E-state index contributed by atoms with van der Waals surface area (Å²) < 4.78 is 23.9. The standard InChI is InChI=1S/C33H48O6Si/c1-25(39-40(7,8)33(4,5)6)18-12-9-17-23-30(26(2)36-24-28-19-13-10-14-20-28)38-32(35)31(37-27(3)34)29-21-15-11-16-22-29/h9-11,13-17,19-22,25-26,30-31H,12,18,23-24H2,1-8H3/b17-9-/t25-,26+,30+,31+/m1/s1. The van der Waals surface area contributed by atoms with Crippen molar-refractivity contribution >= 4 is 20.3 Å². The third-order valence-electron chi connectivity index (χ3n) is 7.32. The molecule has 2 aromatic carbocycles. The van der Waals surface area contributed by atoms with Gasteiger partial charge in [-0.1, -0.05) is 93.6 Å². The summed E-state index contributed by atoms with van der Waals surface area (Å²) in [5, 5.41) is 0.174. The number of carbonyl (C=O) groups excluding carboxylic acids is 2. The minimum absolute atomic E-state index is 0.169. The van der Waals surface area contributed by atoms with Crippen molar-refractivity contribution in [2.24, 2.45) is 0 Å². The van der Waals surface area contributed by atoms with Gasteiger partial charge in [-0.2, -0.15) is 0 Å². The highest BCUT2D eigenvalue weighted by atomic mass is 28.4. The predicted molar refractivity (Wildman–Crippen MR) is 162 cm³/mol. The predicted octanol–water partition coefficient (Wildman–Crippen LogP) is 7.94. The van der Waals surface area contributed by atoms with Crippen LogP contribution in [0.15, 0.2) is 72.8 Å². The fraction of sp³-hybridized carbons (Fsp3) is 0.515. The van der Waals surface area contributed by atoms with Gasteiger partial charge in [-0.05, 0) is 50.4 Å². The largest absolute Gasteiger partial charge is 0.456 e. The van der Waals surface area contributed by atoms with Crippen molar-refractivity contribution in [1.82, 2.24) is 0 Å². The fourth-order valence-corrected chi connectivity index (χ4v) is 5.40. The summed E-state index contributed by atoms with van der Waals surface area (Å²) in [6.45, 7) is 17.0.